The quantitative estimate of drug-likeness (QED) is 0.733. The predicted molar refractivity (Wildman–Crippen MR) is 108 cm³/mol. The monoisotopic (exact) mass is 404 g/mol. The molecular formula is C20H28N4O3S. The molecule has 0 saturated heterocycles. The highest BCUT2D eigenvalue weighted by molar-refractivity contribution is 7.90. The number of sulfone groups is 1. The first-order valence-corrected chi connectivity index (χ1v) is 11.4. The van der Waals surface area contributed by atoms with E-state index in [9.17, 15) is 13.2 Å². The minimum Gasteiger partial charge on any atom is -0.338 e. The van der Waals surface area contributed by atoms with Crippen LogP contribution >= 0.6 is 0 Å². The fourth-order valence-corrected chi connectivity index (χ4v) is 4.76. The van der Waals surface area contributed by atoms with Crippen LogP contribution in [0, 0.1) is 0 Å². The summed E-state index contributed by atoms with van der Waals surface area (Å²) in [5.41, 5.74) is 1.50. The topological polar surface area (TPSA) is 84.3 Å². The molecule has 1 aromatic heterocycles. The zero-order valence-electron chi connectivity index (χ0n) is 16.6. The fraction of sp³-hybridized carbons (Fsp3) is 0.500. The van der Waals surface area contributed by atoms with E-state index >= 15 is 0 Å². The van der Waals surface area contributed by atoms with Crippen molar-refractivity contribution in [2.24, 2.45) is 0 Å². The number of amides is 2. The maximum atomic E-state index is 13.0. The molecule has 1 aromatic carbocycles. The lowest BCUT2D eigenvalue weighted by Crippen LogP contribution is -2.43. The molecule has 2 aromatic rings. The van der Waals surface area contributed by atoms with Crippen molar-refractivity contribution < 1.29 is 13.2 Å². The van der Waals surface area contributed by atoms with Crippen LogP contribution in [0.5, 0.6) is 0 Å². The van der Waals surface area contributed by atoms with Crippen molar-refractivity contribution in [1.82, 2.24) is 19.8 Å². The lowest BCUT2D eigenvalue weighted by Gasteiger charge is -2.27. The van der Waals surface area contributed by atoms with Gasteiger partial charge in [0.15, 0.2) is 0 Å². The molecule has 0 radical (unpaired) electrons. The third-order valence-electron chi connectivity index (χ3n) is 4.77. The van der Waals surface area contributed by atoms with E-state index in [1.165, 1.54) is 0 Å². The van der Waals surface area contributed by atoms with Gasteiger partial charge in [0.2, 0.25) is 15.0 Å². The highest BCUT2D eigenvalue weighted by Gasteiger charge is 2.34. The number of imidazole rings is 1. The Bertz CT molecular complexity index is 918. The molecule has 1 aliphatic carbocycles. The molecule has 1 saturated carbocycles. The summed E-state index contributed by atoms with van der Waals surface area (Å²) in [5, 5.41) is 2.93. The summed E-state index contributed by atoms with van der Waals surface area (Å²) in [5.74, 6) is -0.0821. The van der Waals surface area contributed by atoms with Gasteiger partial charge in [-0.3, -0.25) is 0 Å². The molecule has 0 bridgehead atoms. The van der Waals surface area contributed by atoms with Crippen LogP contribution in [0.4, 0.5) is 4.79 Å². The summed E-state index contributed by atoms with van der Waals surface area (Å²) in [6, 6.07) is 9.10. The molecule has 7 nitrogen and oxygen atoms in total. The van der Waals surface area contributed by atoms with E-state index < -0.39 is 9.84 Å². The van der Waals surface area contributed by atoms with Crippen molar-refractivity contribution >= 4 is 15.9 Å². The summed E-state index contributed by atoms with van der Waals surface area (Å²) in [6.45, 7) is 6.63. The van der Waals surface area contributed by atoms with Crippen molar-refractivity contribution in [3.05, 3.63) is 47.8 Å². The molecule has 0 atom stereocenters. The summed E-state index contributed by atoms with van der Waals surface area (Å²) in [6.07, 6.45) is 3.46. The number of hydrogen-bond acceptors (Lipinski definition) is 4. The molecular weight excluding hydrogens is 376 g/mol. The SMILES string of the molecule is CCNC(=O)N(Cc1cnc(S(=O)(=O)Cc2ccccc2)n1C1CC1)C(C)C. The number of carbonyl (C=O) groups is 1. The summed E-state index contributed by atoms with van der Waals surface area (Å²) >= 11 is 0. The van der Waals surface area contributed by atoms with Crippen molar-refractivity contribution in [1.29, 1.82) is 0 Å². The number of carbonyl (C=O) groups excluding carboxylic acids is 1. The van der Waals surface area contributed by atoms with Gasteiger partial charge in [0.05, 0.1) is 24.2 Å². The molecule has 1 aliphatic rings. The van der Waals surface area contributed by atoms with E-state index in [-0.39, 0.29) is 29.0 Å². The van der Waals surface area contributed by atoms with Gasteiger partial charge in [-0.25, -0.2) is 18.2 Å². The van der Waals surface area contributed by atoms with Crippen LogP contribution in [0.1, 0.15) is 50.9 Å². The fourth-order valence-electron chi connectivity index (χ4n) is 3.22. The van der Waals surface area contributed by atoms with Crippen LogP contribution in [-0.2, 0) is 22.1 Å². The largest absolute Gasteiger partial charge is 0.338 e. The third kappa shape index (κ3) is 4.55. The molecule has 0 aliphatic heterocycles. The third-order valence-corrected chi connectivity index (χ3v) is 6.35. The zero-order valence-corrected chi connectivity index (χ0v) is 17.4. The van der Waals surface area contributed by atoms with Gasteiger partial charge in [0.1, 0.15) is 0 Å². The highest BCUT2D eigenvalue weighted by Crippen LogP contribution is 2.39. The Morgan fingerprint density at radius 3 is 2.54 bits per heavy atom. The van der Waals surface area contributed by atoms with Crippen LogP contribution in [-0.4, -0.2) is 41.5 Å². The number of aromatic nitrogens is 2. The molecule has 152 valence electrons. The standard InChI is InChI=1S/C20H28N4O3S/c1-4-21-19(25)23(15(2)3)13-18-12-22-20(24(18)17-10-11-17)28(26,27)14-16-8-6-5-7-9-16/h5-9,12,15,17H,4,10-11,13-14H2,1-3H3,(H,21,25). The van der Waals surface area contributed by atoms with Gasteiger partial charge >= 0.3 is 6.03 Å². The average molecular weight is 405 g/mol. The first-order valence-electron chi connectivity index (χ1n) is 9.70. The second kappa shape index (κ2) is 8.34. The summed E-state index contributed by atoms with van der Waals surface area (Å²) < 4.78 is 27.9. The van der Waals surface area contributed by atoms with Gasteiger partial charge in [0.25, 0.3) is 0 Å². The van der Waals surface area contributed by atoms with E-state index in [0.29, 0.717) is 13.1 Å². The summed E-state index contributed by atoms with van der Waals surface area (Å²) in [7, 11) is -3.58. The van der Waals surface area contributed by atoms with E-state index in [2.05, 4.69) is 10.3 Å². The van der Waals surface area contributed by atoms with Crippen molar-refractivity contribution in [3.63, 3.8) is 0 Å². The van der Waals surface area contributed by atoms with Gasteiger partial charge in [-0.2, -0.15) is 0 Å². The number of hydrogen-bond donors (Lipinski definition) is 1. The minimum absolute atomic E-state index is 0.0153. The Kier molecular flexibility index (Phi) is 6.07. The minimum atomic E-state index is -3.58. The van der Waals surface area contributed by atoms with Crippen LogP contribution in [0.2, 0.25) is 0 Å². The van der Waals surface area contributed by atoms with E-state index in [1.807, 2.05) is 43.5 Å². The van der Waals surface area contributed by atoms with Gasteiger partial charge in [-0.05, 0) is 39.2 Å². The second-order valence-electron chi connectivity index (χ2n) is 7.44. The number of nitrogens with zero attached hydrogens (tertiary/aromatic N) is 3. The average Bonchev–Trinajstić information content (AvgIpc) is 3.39. The van der Waals surface area contributed by atoms with Gasteiger partial charge in [-0.1, -0.05) is 30.3 Å². The molecule has 1 heterocycles. The normalized spacial score (nSPS) is 14.3. The number of urea groups is 1. The maximum absolute atomic E-state index is 13.0. The molecule has 0 unspecified atom stereocenters. The Hall–Kier alpha value is -2.35. The smallest absolute Gasteiger partial charge is 0.317 e. The van der Waals surface area contributed by atoms with Crippen LogP contribution in [0.15, 0.2) is 41.7 Å². The Labute approximate surface area is 166 Å². The van der Waals surface area contributed by atoms with Crippen molar-refractivity contribution in [2.45, 2.75) is 63.2 Å². The van der Waals surface area contributed by atoms with Gasteiger partial charge in [0, 0.05) is 18.6 Å². The second-order valence-corrected chi connectivity index (χ2v) is 9.32. The molecule has 1 N–H and O–H groups in total. The molecule has 3 rings (SSSR count). The molecule has 28 heavy (non-hydrogen) atoms. The van der Waals surface area contributed by atoms with E-state index in [0.717, 1.165) is 24.1 Å². The highest BCUT2D eigenvalue weighted by atomic mass is 32.2. The number of rotatable bonds is 8. The molecule has 1 fully saturated rings. The Balaban J connectivity index is 1.91. The zero-order chi connectivity index (χ0) is 20.3. The van der Waals surface area contributed by atoms with Crippen LogP contribution in [0.3, 0.4) is 0 Å². The van der Waals surface area contributed by atoms with E-state index in [4.69, 9.17) is 0 Å². The summed E-state index contributed by atoms with van der Waals surface area (Å²) in [4.78, 5) is 18.4. The van der Waals surface area contributed by atoms with Crippen LogP contribution in [0.25, 0.3) is 0 Å². The molecule has 2 amide bonds. The maximum Gasteiger partial charge on any atom is 0.317 e. The van der Waals surface area contributed by atoms with Gasteiger partial charge < -0.3 is 14.8 Å². The Morgan fingerprint density at radius 1 is 1.29 bits per heavy atom. The lowest BCUT2D eigenvalue weighted by atomic mass is 10.2. The number of nitrogens with one attached hydrogen (secondary N) is 1. The van der Waals surface area contributed by atoms with Gasteiger partial charge in [-0.15, -0.1) is 0 Å². The predicted octanol–water partition coefficient (Wildman–Crippen LogP) is 3.13. The van der Waals surface area contributed by atoms with E-state index in [1.54, 1.807) is 23.2 Å². The lowest BCUT2D eigenvalue weighted by molar-refractivity contribution is 0.178. The van der Waals surface area contributed by atoms with Crippen LogP contribution < -0.4 is 5.32 Å². The first-order chi connectivity index (χ1) is 13.3. The number of benzene rings is 1. The Morgan fingerprint density at radius 2 is 1.96 bits per heavy atom. The van der Waals surface area contributed by atoms with Crippen molar-refractivity contribution in [3.8, 4) is 0 Å². The van der Waals surface area contributed by atoms with Crippen molar-refractivity contribution in [2.75, 3.05) is 6.54 Å². The first kappa shape index (κ1) is 20.4. The molecule has 8 heteroatoms. The molecule has 0 spiro atoms.